The van der Waals surface area contributed by atoms with E-state index >= 15 is 0 Å². The molecule has 0 saturated heterocycles. The van der Waals surface area contributed by atoms with Gasteiger partial charge in [-0.15, -0.1) is 0 Å². The first-order chi connectivity index (χ1) is 13.3. The standard InChI is InChI=1S/3C6H12O2.C4H10O3/c3*1-6(2,3)4-5(7)8;1-2-3-4(5,6)7/h3*4H2,1-3H3,(H,7,8);5-7H,2-3H2,1H3. The molecule has 9 heteroatoms. The highest BCUT2D eigenvalue weighted by Crippen LogP contribution is 2.18. The second-order valence-electron chi connectivity index (χ2n) is 10.9. The van der Waals surface area contributed by atoms with Gasteiger partial charge in [-0.2, -0.15) is 0 Å². The van der Waals surface area contributed by atoms with Gasteiger partial charge in [0.05, 0.1) is 19.3 Å². The number of carboxylic acid groups (broad SMARTS) is 3. The molecule has 0 unspecified atom stereocenters. The lowest BCUT2D eigenvalue weighted by Gasteiger charge is -2.13. The average Bonchev–Trinajstić information content (AvgIpc) is 2.28. The predicted octanol–water partition coefficient (Wildman–Crippen LogP) is 3.94. The lowest BCUT2D eigenvalue weighted by molar-refractivity contribution is -0.314. The highest BCUT2D eigenvalue weighted by Gasteiger charge is 2.15. The molecule has 0 radical (unpaired) electrons. The molecule has 0 spiro atoms. The number of hydrogen-bond donors (Lipinski definition) is 6. The van der Waals surface area contributed by atoms with Gasteiger partial charge in [0.15, 0.2) is 0 Å². The van der Waals surface area contributed by atoms with E-state index in [1.807, 2.05) is 62.3 Å². The summed E-state index contributed by atoms with van der Waals surface area (Å²) in [7, 11) is 0. The molecular formula is C22H46O9. The molecule has 0 bridgehead atoms. The predicted molar refractivity (Wildman–Crippen MR) is 119 cm³/mol. The second-order valence-corrected chi connectivity index (χ2v) is 10.9. The number of carbonyl (C=O) groups is 3. The summed E-state index contributed by atoms with van der Waals surface area (Å²) in [6.45, 7) is 18.9. The fraction of sp³-hybridized carbons (Fsp3) is 0.864. The minimum Gasteiger partial charge on any atom is -0.481 e. The molecule has 31 heavy (non-hydrogen) atoms. The molecule has 0 aliphatic carbocycles. The van der Waals surface area contributed by atoms with Gasteiger partial charge >= 0.3 is 17.9 Å². The van der Waals surface area contributed by atoms with Crippen molar-refractivity contribution in [2.45, 2.75) is 107 Å². The number of aliphatic carboxylic acids is 3. The van der Waals surface area contributed by atoms with Crippen LogP contribution in [0.25, 0.3) is 0 Å². The first-order valence-corrected chi connectivity index (χ1v) is 10.1. The SMILES string of the molecule is CC(C)(C)CC(=O)O.CC(C)(C)CC(=O)O.CC(C)(C)CC(=O)O.CCCC(O)(O)O. The highest BCUT2D eigenvalue weighted by atomic mass is 16.7. The van der Waals surface area contributed by atoms with E-state index in [-0.39, 0.29) is 41.9 Å². The smallest absolute Gasteiger partial charge is 0.303 e. The number of rotatable bonds is 5. The molecule has 0 amide bonds. The maximum absolute atomic E-state index is 10.0. The molecule has 0 heterocycles. The van der Waals surface area contributed by atoms with Crippen molar-refractivity contribution in [3.63, 3.8) is 0 Å². The fourth-order valence-corrected chi connectivity index (χ4v) is 1.70. The molecule has 0 fully saturated rings. The van der Waals surface area contributed by atoms with Crippen LogP contribution in [0.15, 0.2) is 0 Å². The lowest BCUT2D eigenvalue weighted by Crippen LogP contribution is -2.26. The lowest BCUT2D eigenvalue weighted by atomic mass is 9.93. The quantitative estimate of drug-likeness (QED) is 0.336. The summed E-state index contributed by atoms with van der Waals surface area (Å²) in [4.78, 5) is 30.0. The number of aliphatic hydroxyl groups is 3. The first kappa shape index (κ1) is 36.7. The van der Waals surface area contributed by atoms with Gasteiger partial charge in [-0.1, -0.05) is 69.2 Å². The van der Waals surface area contributed by atoms with E-state index in [0.717, 1.165) is 0 Å². The molecule has 0 aliphatic rings. The summed E-state index contributed by atoms with van der Waals surface area (Å²) >= 11 is 0. The van der Waals surface area contributed by atoms with Gasteiger partial charge in [0.25, 0.3) is 5.97 Å². The van der Waals surface area contributed by atoms with Gasteiger partial charge in [-0.25, -0.2) is 0 Å². The third-order valence-corrected chi connectivity index (χ3v) is 2.63. The Morgan fingerprint density at radius 1 is 0.548 bits per heavy atom. The van der Waals surface area contributed by atoms with Crippen LogP contribution >= 0.6 is 0 Å². The zero-order valence-electron chi connectivity index (χ0n) is 20.9. The average molecular weight is 455 g/mol. The van der Waals surface area contributed by atoms with Crippen LogP contribution in [0.2, 0.25) is 0 Å². The van der Waals surface area contributed by atoms with Gasteiger partial charge in [0.2, 0.25) is 0 Å². The van der Waals surface area contributed by atoms with Crippen LogP contribution in [0.4, 0.5) is 0 Å². The highest BCUT2D eigenvalue weighted by molar-refractivity contribution is 5.68. The Hall–Kier alpha value is -1.71. The van der Waals surface area contributed by atoms with Crippen molar-refractivity contribution in [1.82, 2.24) is 0 Å². The van der Waals surface area contributed by atoms with Crippen LogP contribution in [-0.2, 0) is 14.4 Å². The second kappa shape index (κ2) is 16.0. The minimum atomic E-state index is -2.45. The Morgan fingerprint density at radius 3 is 0.742 bits per heavy atom. The van der Waals surface area contributed by atoms with Crippen molar-refractivity contribution in [1.29, 1.82) is 0 Å². The van der Waals surface area contributed by atoms with Crippen molar-refractivity contribution < 1.29 is 45.0 Å². The minimum absolute atomic E-state index is 0.00694. The van der Waals surface area contributed by atoms with Crippen molar-refractivity contribution >= 4 is 17.9 Å². The van der Waals surface area contributed by atoms with Crippen LogP contribution in [0, 0.1) is 16.2 Å². The summed E-state index contributed by atoms with van der Waals surface area (Å²) < 4.78 is 0. The molecule has 0 saturated carbocycles. The van der Waals surface area contributed by atoms with Crippen LogP contribution in [0.5, 0.6) is 0 Å². The van der Waals surface area contributed by atoms with Crippen molar-refractivity contribution in [3.05, 3.63) is 0 Å². The molecule has 0 atom stereocenters. The molecule has 0 aromatic rings. The van der Waals surface area contributed by atoms with E-state index in [9.17, 15) is 14.4 Å². The zero-order valence-corrected chi connectivity index (χ0v) is 20.9. The van der Waals surface area contributed by atoms with Crippen LogP contribution in [-0.4, -0.2) is 54.5 Å². The summed E-state index contributed by atoms with van der Waals surface area (Å²) in [6, 6.07) is 0. The van der Waals surface area contributed by atoms with Crippen molar-refractivity contribution in [3.8, 4) is 0 Å². The molecule has 0 rings (SSSR count). The molecule has 188 valence electrons. The molecule has 9 nitrogen and oxygen atoms in total. The van der Waals surface area contributed by atoms with E-state index in [1.165, 1.54) is 0 Å². The normalized spacial score (nSPS) is 11.5. The third-order valence-electron chi connectivity index (χ3n) is 2.63. The Bertz CT molecular complexity index is 437. The Kier molecular flexibility index (Phi) is 18.9. The fourth-order valence-electron chi connectivity index (χ4n) is 1.70. The van der Waals surface area contributed by atoms with Gasteiger partial charge in [-0.3, -0.25) is 14.4 Å². The first-order valence-electron chi connectivity index (χ1n) is 10.1. The monoisotopic (exact) mass is 454 g/mol. The molecule has 0 aromatic heterocycles. The van der Waals surface area contributed by atoms with Crippen LogP contribution in [0.3, 0.4) is 0 Å². The van der Waals surface area contributed by atoms with E-state index in [4.69, 9.17) is 30.6 Å². The van der Waals surface area contributed by atoms with Gasteiger partial charge in [0.1, 0.15) is 0 Å². The van der Waals surface area contributed by atoms with E-state index in [0.29, 0.717) is 6.42 Å². The van der Waals surface area contributed by atoms with E-state index < -0.39 is 23.9 Å². The molecule has 0 aliphatic heterocycles. The number of hydrogen-bond acceptors (Lipinski definition) is 6. The zero-order chi connectivity index (χ0) is 26.3. The van der Waals surface area contributed by atoms with E-state index in [2.05, 4.69) is 0 Å². The molecular weight excluding hydrogens is 408 g/mol. The van der Waals surface area contributed by atoms with Crippen molar-refractivity contribution in [2.75, 3.05) is 0 Å². The maximum Gasteiger partial charge on any atom is 0.303 e. The third kappa shape index (κ3) is 65.4. The Balaban J connectivity index is -0.000000157. The molecule has 6 N–H and O–H groups in total. The largest absolute Gasteiger partial charge is 0.481 e. The van der Waals surface area contributed by atoms with Crippen molar-refractivity contribution in [2.24, 2.45) is 16.2 Å². The van der Waals surface area contributed by atoms with Gasteiger partial charge in [-0.05, 0) is 22.7 Å². The van der Waals surface area contributed by atoms with Gasteiger partial charge < -0.3 is 30.6 Å². The van der Waals surface area contributed by atoms with Crippen LogP contribution < -0.4 is 0 Å². The summed E-state index contributed by atoms with van der Waals surface area (Å²) in [5, 5.41) is 49.1. The topological polar surface area (TPSA) is 173 Å². The summed E-state index contributed by atoms with van der Waals surface area (Å²) in [6.07, 6.45) is 1.30. The summed E-state index contributed by atoms with van der Waals surface area (Å²) in [5.74, 6) is -4.62. The van der Waals surface area contributed by atoms with E-state index in [1.54, 1.807) is 6.92 Å². The Morgan fingerprint density at radius 2 is 0.742 bits per heavy atom. The Labute approximate surface area is 187 Å². The number of carboxylic acids is 3. The summed E-state index contributed by atoms with van der Waals surface area (Å²) in [5.41, 5.74) is -0.233. The molecule has 0 aromatic carbocycles. The van der Waals surface area contributed by atoms with Crippen LogP contribution in [0.1, 0.15) is 101 Å². The van der Waals surface area contributed by atoms with Gasteiger partial charge in [0, 0.05) is 6.42 Å². The maximum atomic E-state index is 10.0.